The normalized spacial score (nSPS) is 10.8. The molecule has 0 aliphatic rings. The fourth-order valence-electron chi connectivity index (χ4n) is 2.36. The number of benzene rings is 1. The molecule has 0 radical (unpaired) electrons. The van der Waals surface area contributed by atoms with E-state index in [-0.39, 0.29) is 5.91 Å². The third-order valence-electron chi connectivity index (χ3n) is 3.65. The molecule has 0 spiro atoms. The average molecular weight is 329 g/mol. The van der Waals surface area contributed by atoms with Crippen LogP contribution in [0.15, 0.2) is 42.0 Å². The number of ether oxygens (including phenoxy) is 1. The molecule has 1 aromatic carbocycles. The van der Waals surface area contributed by atoms with Crippen molar-refractivity contribution < 1.29 is 9.53 Å². The Balaban J connectivity index is 1.39. The molecule has 3 aromatic rings. The van der Waals surface area contributed by atoms with Crippen LogP contribution in [0.3, 0.4) is 0 Å². The maximum atomic E-state index is 11.9. The number of carbonyl (C=O) groups is 1. The van der Waals surface area contributed by atoms with Gasteiger partial charge in [0.05, 0.1) is 12.8 Å². The highest BCUT2D eigenvalue weighted by Crippen LogP contribution is 2.13. The summed E-state index contributed by atoms with van der Waals surface area (Å²) < 4.78 is 7.13. The van der Waals surface area contributed by atoms with Crippen LogP contribution in [0.25, 0.3) is 4.96 Å². The van der Waals surface area contributed by atoms with Crippen molar-refractivity contribution in [3.05, 3.63) is 53.3 Å². The smallest absolute Gasteiger partial charge is 0.220 e. The first kappa shape index (κ1) is 15.6. The van der Waals surface area contributed by atoms with Gasteiger partial charge in [-0.1, -0.05) is 12.1 Å². The second-order valence-electron chi connectivity index (χ2n) is 5.27. The topological polar surface area (TPSA) is 55.6 Å². The standard InChI is InChI=1S/C17H19N3O2S/c1-22-15-5-2-13(3-6-15)4-7-16(21)18-9-8-14-12-20-10-11-23-17(20)19-14/h2-3,5-6,10-12H,4,7-9H2,1H3,(H,18,21). The summed E-state index contributed by atoms with van der Waals surface area (Å²) in [6.07, 6.45) is 5.97. The highest BCUT2D eigenvalue weighted by atomic mass is 32.1. The Morgan fingerprint density at radius 3 is 2.87 bits per heavy atom. The molecule has 0 saturated heterocycles. The molecular formula is C17H19N3O2S. The molecule has 0 unspecified atom stereocenters. The number of rotatable bonds is 7. The third-order valence-corrected chi connectivity index (χ3v) is 4.42. The minimum absolute atomic E-state index is 0.0711. The lowest BCUT2D eigenvalue weighted by Crippen LogP contribution is -2.25. The van der Waals surface area contributed by atoms with Crippen LogP contribution in [-0.4, -0.2) is 28.9 Å². The van der Waals surface area contributed by atoms with E-state index in [2.05, 4.69) is 10.3 Å². The van der Waals surface area contributed by atoms with E-state index in [4.69, 9.17) is 4.74 Å². The number of thiazole rings is 1. The van der Waals surface area contributed by atoms with E-state index in [0.717, 1.165) is 34.8 Å². The van der Waals surface area contributed by atoms with Gasteiger partial charge in [-0.3, -0.25) is 9.20 Å². The van der Waals surface area contributed by atoms with Gasteiger partial charge in [0.2, 0.25) is 5.91 Å². The minimum Gasteiger partial charge on any atom is -0.497 e. The molecule has 0 aliphatic heterocycles. The molecule has 0 aliphatic carbocycles. The summed E-state index contributed by atoms with van der Waals surface area (Å²) in [6.45, 7) is 0.617. The van der Waals surface area contributed by atoms with Crippen LogP contribution in [-0.2, 0) is 17.6 Å². The number of amides is 1. The van der Waals surface area contributed by atoms with Crippen molar-refractivity contribution >= 4 is 22.2 Å². The van der Waals surface area contributed by atoms with Crippen molar-refractivity contribution in [2.75, 3.05) is 13.7 Å². The van der Waals surface area contributed by atoms with Gasteiger partial charge >= 0.3 is 0 Å². The fourth-order valence-corrected chi connectivity index (χ4v) is 3.08. The number of hydrogen-bond donors (Lipinski definition) is 1. The van der Waals surface area contributed by atoms with Gasteiger partial charge in [0.1, 0.15) is 5.75 Å². The quantitative estimate of drug-likeness (QED) is 0.725. The van der Waals surface area contributed by atoms with E-state index in [1.54, 1.807) is 18.4 Å². The van der Waals surface area contributed by atoms with E-state index in [1.807, 2.05) is 46.4 Å². The van der Waals surface area contributed by atoms with Crippen molar-refractivity contribution in [2.24, 2.45) is 0 Å². The lowest BCUT2D eigenvalue weighted by molar-refractivity contribution is -0.121. The molecule has 2 heterocycles. The summed E-state index contributed by atoms with van der Waals surface area (Å²) in [4.78, 5) is 17.4. The van der Waals surface area contributed by atoms with Crippen LogP contribution < -0.4 is 10.1 Å². The van der Waals surface area contributed by atoms with Gasteiger partial charge in [-0.2, -0.15) is 0 Å². The number of hydrogen-bond acceptors (Lipinski definition) is 4. The van der Waals surface area contributed by atoms with E-state index < -0.39 is 0 Å². The Morgan fingerprint density at radius 1 is 1.30 bits per heavy atom. The summed E-state index contributed by atoms with van der Waals surface area (Å²) in [6, 6.07) is 7.81. The summed E-state index contributed by atoms with van der Waals surface area (Å²) in [5, 5.41) is 4.96. The Bertz CT molecular complexity index is 748. The number of methoxy groups -OCH3 is 1. The van der Waals surface area contributed by atoms with Gasteiger partial charge in [-0.25, -0.2) is 4.98 Å². The molecule has 120 valence electrons. The van der Waals surface area contributed by atoms with E-state index in [9.17, 15) is 4.79 Å². The molecule has 2 aromatic heterocycles. The van der Waals surface area contributed by atoms with E-state index >= 15 is 0 Å². The summed E-state index contributed by atoms with van der Waals surface area (Å²) in [5.41, 5.74) is 2.14. The van der Waals surface area contributed by atoms with Crippen molar-refractivity contribution in [1.82, 2.24) is 14.7 Å². The van der Waals surface area contributed by atoms with Crippen LogP contribution >= 0.6 is 11.3 Å². The van der Waals surface area contributed by atoms with E-state index in [0.29, 0.717) is 13.0 Å². The first-order chi connectivity index (χ1) is 11.2. The number of fused-ring (bicyclic) bond motifs is 1. The minimum atomic E-state index is 0.0711. The molecule has 0 atom stereocenters. The Labute approximate surface area is 138 Å². The second-order valence-corrected chi connectivity index (χ2v) is 6.15. The Morgan fingerprint density at radius 2 is 2.13 bits per heavy atom. The highest BCUT2D eigenvalue weighted by molar-refractivity contribution is 7.15. The first-order valence-corrected chi connectivity index (χ1v) is 8.43. The number of imidazole rings is 1. The number of nitrogens with zero attached hydrogens (tertiary/aromatic N) is 2. The zero-order valence-electron chi connectivity index (χ0n) is 13.0. The third kappa shape index (κ3) is 4.10. The van der Waals surface area contributed by atoms with Crippen LogP contribution in [0.1, 0.15) is 17.7 Å². The van der Waals surface area contributed by atoms with Gasteiger partial charge in [0.25, 0.3) is 0 Å². The van der Waals surface area contributed by atoms with Crippen LogP contribution in [0.4, 0.5) is 0 Å². The average Bonchev–Trinajstić information content (AvgIpc) is 3.15. The maximum absolute atomic E-state index is 11.9. The van der Waals surface area contributed by atoms with Crippen molar-refractivity contribution in [1.29, 1.82) is 0 Å². The van der Waals surface area contributed by atoms with Gasteiger partial charge in [0, 0.05) is 37.2 Å². The molecule has 0 saturated carbocycles. The van der Waals surface area contributed by atoms with Crippen molar-refractivity contribution in [3.8, 4) is 5.75 Å². The number of aryl methyl sites for hydroxylation is 1. The number of nitrogens with one attached hydrogen (secondary N) is 1. The lowest BCUT2D eigenvalue weighted by atomic mass is 10.1. The molecule has 1 N–H and O–H groups in total. The SMILES string of the molecule is COc1ccc(CCC(=O)NCCc2cn3ccsc3n2)cc1. The van der Waals surface area contributed by atoms with Crippen LogP contribution in [0.2, 0.25) is 0 Å². The van der Waals surface area contributed by atoms with Crippen molar-refractivity contribution in [2.45, 2.75) is 19.3 Å². The van der Waals surface area contributed by atoms with Gasteiger partial charge in [-0.15, -0.1) is 11.3 Å². The number of aromatic nitrogens is 2. The molecule has 0 fully saturated rings. The zero-order valence-corrected chi connectivity index (χ0v) is 13.8. The second kappa shape index (κ2) is 7.28. The van der Waals surface area contributed by atoms with Gasteiger partial charge in [-0.05, 0) is 24.1 Å². The molecule has 6 heteroatoms. The Kier molecular flexibility index (Phi) is 4.92. The monoisotopic (exact) mass is 329 g/mol. The Hall–Kier alpha value is -2.34. The predicted octanol–water partition coefficient (Wildman–Crippen LogP) is 2.70. The summed E-state index contributed by atoms with van der Waals surface area (Å²) >= 11 is 1.61. The summed E-state index contributed by atoms with van der Waals surface area (Å²) in [7, 11) is 1.65. The van der Waals surface area contributed by atoms with Crippen LogP contribution in [0, 0.1) is 0 Å². The molecule has 0 bridgehead atoms. The first-order valence-electron chi connectivity index (χ1n) is 7.55. The molecular weight excluding hydrogens is 310 g/mol. The zero-order chi connectivity index (χ0) is 16.1. The largest absolute Gasteiger partial charge is 0.497 e. The van der Waals surface area contributed by atoms with Crippen molar-refractivity contribution in [3.63, 3.8) is 0 Å². The number of carbonyl (C=O) groups excluding carboxylic acids is 1. The lowest BCUT2D eigenvalue weighted by Gasteiger charge is -2.05. The van der Waals surface area contributed by atoms with Gasteiger partial charge in [0.15, 0.2) is 4.96 Å². The molecule has 3 rings (SSSR count). The highest BCUT2D eigenvalue weighted by Gasteiger charge is 2.05. The van der Waals surface area contributed by atoms with E-state index in [1.165, 1.54) is 0 Å². The molecule has 23 heavy (non-hydrogen) atoms. The van der Waals surface area contributed by atoms with Crippen LogP contribution in [0.5, 0.6) is 5.75 Å². The maximum Gasteiger partial charge on any atom is 0.220 e. The summed E-state index contributed by atoms with van der Waals surface area (Å²) in [5.74, 6) is 0.903. The van der Waals surface area contributed by atoms with Gasteiger partial charge < -0.3 is 10.1 Å². The molecule has 5 nitrogen and oxygen atoms in total. The predicted molar refractivity (Wildman–Crippen MR) is 91.1 cm³/mol. The molecule has 1 amide bonds. The fraction of sp³-hybridized carbons (Fsp3) is 0.294.